The Labute approximate surface area is 150 Å². The van der Waals surface area contributed by atoms with Gasteiger partial charge in [-0.15, -0.1) is 0 Å². The Hall–Kier alpha value is -2.25. The minimum absolute atomic E-state index is 0.0394. The maximum atomic E-state index is 12.4. The summed E-state index contributed by atoms with van der Waals surface area (Å²) in [7, 11) is 1.61. The monoisotopic (exact) mass is 372 g/mol. The fraction of sp³-hybridized carbons (Fsp3) is 0.556. The number of benzene rings is 1. The molecule has 1 aliphatic heterocycles. The lowest BCUT2D eigenvalue weighted by molar-refractivity contribution is -0.186. The van der Waals surface area contributed by atoms with Crippen LogP contribution in [0.15, 0.2) is 24.3 Å². The number of ether oxygens (including phenoxy) is 1. The van der Waals surface area contributed by atoms with Crippen LogP contribution in [0.25, 0.3) is 0 Å². The number of halogens is 3. The van der Waals surface area contributed by atoms with Crippen LogP contribution in [0, 0.1) is 5.92 Å². The molecule has 0 unspecified atom stereocenters. The van der Waals surface area contributed by atoms with E-state index in [9.17, 15) is 22.8 Å². The molecule has 0 aromatic heterocycles. The second-order valence-corrected chi connectivity index (χ2v) is 6.31. The molecule has 0 saturated carbocycles. The molecule has 8 heteroatoms. The third kappa shape index (κ3) is 5.64. The summed E-state index contributed by atoms with van der Waals surface area (Å²) in [6, 6.07) is 7.69. The number of alkyl halides is 3. The molecule has 2 amide bonds. The highest BCUT2D eigenvalue weighted by Crippen LogP contribution is 2.24. The van der Waals surface area contributed by atoms with Crippen LogP contribution in [-0.4, -0.2) is 49.6 Å². The number of carbonyl (C=O) groups is 2. The Morgan fingerprint density at radius 1 is 1.19 bits per heavy atom. The number of hydrogen-bond donors (Lipinski definition) is 1. The largest absolute Gasteiger partial charge is 0.497 e. The van der Waals surface area contributed by atoms with Crippen LogP contribution in [-0.2, 0) is 16.0 Å². The van der Waals surface area contributed by atoms with Crippen molar-refractivity contribution < 1.29 is 27.5 Å². The zero-order chi connectivity index (χ0) is 19.2. The second-order valence-electron chi connectivity index (χ2n) is 6.31. The van der Waals surface area contributed by atoms with Crippen LogP contribution in [0.4, 0.5) is 13.2 Å². The van der Waals surface area contributed by atoms with E-state index in [1.54, 1.807) is 7.11 Å². The van der Waals surface area contributed by atoms with Gasteiger partial charge in [-0.25, -0.2) is 0 Å². The third-order valence-corrected chi connectivity index (χ3v) is 4.50. The average molecular weight is 372 g/mol. The van der Waals surface area contributed by atoms with Gasteiger partial charge in [-0.1, -0.05) is 12.1 Å². The molecule has 1 saturated heterocycles. The van der Waals surface area contributed by atoms with Crippen LogP contribution in [0.1, 0.15) is 24.8 Å². The molecule has 26 heavy (non-hydrogen) atoms. The molecule has 2 rings (SSSR count). The van der Waals surface area contributed by atoms with E-state index in [1.807, 2.05) is 24.3 Å². The summed E-state index contributed by atoms with van der Waals surface area (Å²) in [5, 5.41) is 2.83. The summed E-state index contributed by atoms with van der Waals surface area (Å²) in [4.78, 5) is 24.1. The molecule has 1 fully saturated rings. The Bertz CT molecular complexity index is 609. The number of likely N-dealkylation sites (tertiary alicyclic amines) is 1. The quantitative estimate of drug-likeness (QED) is 0.781. The predicted octanol–water partition coefficient (Wildman–Crippen LogP) is 2.54. The Kier molecular flexibility index (Phi) is 6.88. The van der Waals surface area contributed by atoms with Gasteiger partial charge in [-0.05, 0) is 43.4 Å². The SMILES string of the molecule is COc1ccc(CCCNC(=O)C2CCN(C(=O)C(F)(F)F)CC2)cc1. The van der Waals surface area contributed by atoms with Gasteiger partial charge in [0.15, 0.2) is 0 Å². The minimum Gasteiger partial charge on any atom is -0.497 e. The summed E-state index contributed by atoms with van der Waals surface area (Å²) < 4.78 is 42.3. The number of nitrogens with zero attached hydrogens (tertiary/aromatic N) is 1. The molecule has 1 aliphatic rings. The van der Waals surface area contributed by atoms with Crippen LogP contribution in [0.3, 0.4) is 0 Å². The van der Waals surface area contributed by atoms with Gasteiger partial charge < -0.3 is 15.0 Å². The lowest BCUT2D eigenvalue weighted by Crippen LogP contribution is -2.47. The molecule has 1 N–H and O–H groups in total. The van der Waals surface area contributed by atoms with Crippen LogP contribution >= 0.6 is 0 Å². The molecule has 0 spiro atoms. The van der Waals surface area contributed by atoms with E-state index in [2.05, 4.69) is 5.32 Å². The van der Waals surface area contributed by atoms with Crippen molar-refractivity contribution >= 4 is 11.8 Å². The summed E-state index contributed by atoms with van der Waals surface area (Å²) in [6.45, 7) is 0.428. The number of carbonyl (C=O) groups excluding carboxylic acids is 2. The Balaban J connectivity index is 1.66. The summed E-state index contributed by atoms with van der Waals surface area (Å²) in [5.74, 6) is -1.53. The van der Waals surface area contributed by atoms with Crippen molar-refractivity contribution in [3.8, 4) is 5.75 Å². The smallest absolute Gasteiger partial charge is 0.471 e. The Morgan fingerprint density at radius 2 is 1.81 bits per heavy atom. The molecule has 0 atom stereocenters. The number of methoxy groups -OCH3 is 1. The maximum absolute atomic E-state index is 12.4. The van der Waals surface area contributed by atoms with E-state index >= 15 is 0 Å². The number of hydrogen-bond acceptors (Lipinski definition) is 3. The molecule has 1 heterocycles. The van der Waals surface area contributed by atoms with E-state index in [1.165, 1.54) is 0 Å². The molecule has 0 aliphatic carbocycles. The first-order valence-corrected chi connectivity index (χ1v) is 8.58. The van der Waals surface area contributed by atoms with Crippen molar-refractivity contribution in [3.05, 3.63) is 29.8 Å². The highest BCUT2D eigenvalue weighted by molar-refractivity contribution is 5.83. The number of nitrogens with one attached hydrogen (secondary N) is 1. The molecule has 144 valence electrons. The first kappa shape index (κ1) is 20.1. The maximum Gasteiger partial charge on any atom is 0.471 e. The third-order valence-electron chi connectivity index (χ3n) is 4.50. The van der Waals surface area contributed by atoms with Gasteiger partial charge >= 0.3 is 12.1 Å². The molecule has 1 aromatic carbocycles. The van der Waals surface area contributed by atoms with Gasteiger partial charge in [0, 0.05) is 25.6 Å². The first-order valence-electron chi connectivity index (χ1n) is 8.58. The van der Waals surface area contributed by atoms with Crippen LogP contribution in [0.5, 0.6) is 5.75 Å². The van der Waals surface area contributed by atoms with Gasteiger partial charge in [-0.2, -0.15) is 13.2 Å². The molecule has 1 aromatic rings. The fourth-order valence-corrected chi connectivity index (χ4v) is 2.96. The van der Waals surface area contributed by atoms with Gasteiger partial charge in [0.25, 0.3) is 0 Å². The second kappa shape index (κ2) is 8.91. The number of piperidine rings is 1. The van der Waals surface area contributed by atoms with Gasteiger partial charge in [0.05, 0.1) is 7.11 Å². The van der Waals surface area contributed by atoms with E-state index in [0.29, 0.717) is 6.54 Å². The molecule has 0 radical (unpaired) electrons. The number of amides is 2. The predicted molar refractivity (Wildman–Crippen MR) is 89.7 cm³/mol. The standard InChI is InChI=1S/C18H23F3N2O3/c1-26-15-6-4-13(5-7-15)3-2-10-22-16(24)14-8-11-23(12-9-14)17(25)18(19,20)21/h4-7,14H,2-3,8-12H2,1H3,(H,22,24). The van der Waals surface area contributed by atoms with Crippen molar-refractivity contribution in [1.82, 2.24) is 10.2 Å². The highest BCUT2D eigenvalue weighted by atomic mass is 19.4. The number of rotatable bonds is 6. The van der Waals surface area contributed by atoms with Gasteiger partial charge in [0.1, 0.15) is 5.75 Å². The van der Waals surface area contributed by atoms with Crippen LogP contribution in [0.2, 0.25) is 0 Å². The van der Waals surface area contributed by atoms with E-state index in [4.69, 9.17) is 4.74 Å². The van der Waals surface area contributed by atoms with E-state index in [0.717, 1.165) is 29.1 Å². The molecule has 0 bridgehead atoms. The fourth-order valence-electron chi connectivity index (χ4n) is 2.96. The van der Waals surface area contributed by atoms with Crippen molar-refractivity contribution in [2.24, 2.45) is 5.92 Å². The minimum atomic E-state index is -4.85. The van der Waals surface area contributed by atoms with Crippen molar-refractivity contribution in [1.29, 1.82) is 0 Å². The van der Waals surface area contributed by atoms with Gasteiger partial charge in [-0.3, -0.25) is 9.59 Å². The zero-order valence-electron chi connectivity index (χ0n) is 14.6. The van der Waals surface area contributed by atoms with Gasteiger partial charge in [0.2, 0.25) is 5.91 Å². The summed E-state index contributed by atoms with van der Waals surface area (Å²) in [5.41, 5.74) is 1.14. The van der Waals surface area contributed by atoms with Crippen LogP contribution < -0.4 is 10.1 Å². The topological polar surface area (TPSA) is 58.6 Å². The number of aryl methyl sites for hydroxylation is 1. The van der Waals surface area contributed by atoms with E-state index in [-0.39, 0.29) is 37.8 Å². The average Bonchev–Trinajstić information content (AvgIpc) is 2.64. The molecular weight excluding hydrogens is 349 g/mol. The first-order chi connectivity index (χ1) is 12.3. The highest BCUT2D eigenvalue weighted by Gasteiger charge is 2.43. The van der Waals surface area contributed by atoms with E-state index < -0.39 is 12.1 Å². The summed E-state index contributed by atoms with van der Waals surface area (Å²) >= 11 is 0. The van der Waals surface area contributed by atoms with Crippen molar-refractivity contribution in [2.75, 3.05) is 26.7 Å². The lowest BCUT2D eigenvalue weighted by atomic mass is 9.95. The van der Waals surface area contributed by atoms with Crippen molar-refractivity contribution in [2.45, 2.75) is 31.9 Å². The lowest BCUT2D eigenvalue weighted by Gasteiger charge is -2.31. The van der Waals surface area contributed by atoms with Crippen molar-refractivity contribution in [3.63, 3.8) is 0 Å². The molecule has 5 nitrogen and oxygen atoms in total. The normalized spacial score (nSPS) is 15.6. The zero-order valence-corrected chi connectivity index (χ0v) is 14.6. The Morgan fingerprint density at radius 3 is 2.35 bits per heavy atom. The summed E-state index contributed by atoms with van der Waals surface area (Å²) in [6.07, 6.45) is -2.76. The molecular formula is C18H23F3N2O3.